The van der Waals surface area contributed by atoms with Crippen LogP contribution in [0.3, 0.4) is 0 Å². The average molecular weight is 354 g/mol. The van der Waals surface area contributed by atoms with Gasteiger partial charge in [-0.1, -0.05) is 25.1 Å². The van der Waals surface area contributed by atoms with Crippen molar-refractivity contribution in [3.8, 4) is 0 Å². The van der Waals surface area contributed by atoms with Gasteiger partial charge in [-0.15, -0.1) is 0 Å². The Kier molecular flexibility index (Phi) is 5.76. The van der Waals surface area contributed by atoms with Crippen molar-refractivity contribution in [2.24, 2.45) is 0 Å². The summed E-state index contributed by atoms with van der Waals surface area (Å²) >= 11 is 0. The fraction of sp³-hybridized carbons (Fsp3) is 0.381. The summed E-state index contributed by atoms with van der Waals surface area (Å²) in [6.07, 6.45) is 8.86. The Morgan fingerprint density at radius 1 is 1.31 bits per heavy atom. The van der Waals surface area contributed by atoms with Crippen LogP contribution in [0, 0.1) is 12.7 Å². The van der Waals surface area contributed by atoms with E-state index in [0.29, 0.717) is 11.9 Å². The van der Waals surface area contributed by atoms with Crippen molar-refractivity contribution in [3.63, 3.8) is 0 Å². The quantitative estimate of drug-likeness (QED) is 0.770. The van der Waals surface area contributed by atoms with Crippen LogP contribution in [-0.2, 0) is 0 Å². The molecule has 26 heavy (non-hydrogen) atoms. The van der Waals surface area contributed by atoms with E-state index in [9.17, 15) is 4.39 Å². The molecule has 5 heteroatoms. The highest BCUT2D eigenvalue weighted by atomic mass is 19.1. The van der Waals surface area contributed by atoms with Gasteiger partial charge in [-0.05, 0) is 55.5 Å². The summed E-state index contributed by atoms with van der Waals surface area (Å²) in [5.74, 6) is 0.226. The maximum Gasteiger partial charge on any atom is 0.165 e. The lowest BCUT2D eigenvalue weighted by atomic mass is 10.0. The summed E-state index contributed by atoms with van der Waals surface area (Å²) in [5, 5.41) is 3.62. The molecular weight excluding hydrogens is 327 g/mol. The summed E-state index contributed by atoms with van der Waals surface area (Å²) in [7, 11) is 0. The molecule has 0 radical (unpaired) electrons. The minimum Gasteiger partial charge on any atom is -0.399 e. The molecule has 0 amide bonds. The third-order valence-electron chi connectivity index (χ3n) is 4.72. The first-order valence-corrected chi connectivity index (χ1v) is 9.26. The molecule has 1 aliphatic heterocycles. The molecule has 2 aromatic rings. The Morgan fingerprint density at radius 2 is 2.08 bits per heavy atom. The van der Waals surface area contributed by atoms with Gasteiger partial charge < -0.3 is 16.0 Å². The number of piperidine rings is 1. The normalized spacial score (nSPS) is 15.6. The van der Waals surface area contributed by atoms with Crippen LogP contribution in [0.15, 0.2) is 36.5 Å². The predicted octanol–water partition coefficient (Wildman–Crippen LogP) is 4.62. The van der Waals surface area contributed by atoms with Gasteiger partial charge in [0.1, 0.15) is 0 Å². The van der Waals surface area contributed by atoms with Crippen LogP contribution < -0.4 is 16.0 Å². The van der Waals surface area contributed by atoms with Crippen LogP contribution in [0.1, 0.15) is 37.3 Å². The van der Waals surface area contributed by atoms with Gasteiger partial charge in [0.2, 0.25) is 0 Å². The molecule has 0 atom stereocenters. The zero-order valence-corrected chi connectivity index (χ0v) is 15.5. The van der Waals surface area contributed by atoms with Crippen LogP contribution in [0.2, 0.25) is 0 Å². The highest BCUT2D eigenvalue weighted by Crippen LogP contribution is 2.26. The molecule has 4 nitrogen and oxygen atoms in total. The van der Waals surface area contributed by atoms with Crippen LogP contribution >= 0.6 is 0 Å². The maximum absolute atomic E-state index is 14.2. The largest absolute Gasteiger partial charge is 0.399 e. The predicted molar refractivity (Wildman–Crippen MR) is 108 cm³/mol. The lowest BCUT2D eigenvalue weighted by Gasteiger charge is -2.34. The highest BCUT2D eigenvalue weighted by molar-refractivity contribution is 5.70. The van der Waals surface area contributed by atoms with Crippen molar-refractivity contribution in [2.75, 3.05) is 29.0 Å². The Bertz CT molecular complexity index is 780. The first-order valence-electron chi connectivity index (χ1n) is 9.26. The number of rotatable bonds is 5. The number of anilines is 3. The summed E-state index contributed by atoms with van der Waals surface area (Å²) in [6, 6.07) is 7.85. The highest BCUT2D eigenvalue weighted by Gasteiger charge is 2.22. The van der Waals surface area contributed by atoms with Crippen molar-refractivity contribution in [1.29, 1.82) is 0 Å². The van der Waals surface area contributed by atoms with E-state index in [4.69, 9.17) is 5.73 Å². The number of nitrogens with zero attached hydrogens (tertiary/aromatic N) is 2. The van der Waals surface area contributed by atoms with E-state index in [1.807, 2.05) is 30.0 Å². The van der Waals surface area contributed by atoms with Crippen molar-refractivity contribution in [2.45, 2.75) is 39.2 Å². The monoisotopic (exact) mass is 354 g/mol. The summed E-state index contributed by atoms with van der Waals surface area (Å²) in [5.41, 5.74) is 9.78. The van der Waals surface area contributed by atoms with Crippen molar-refractivity contribution in [1.82, 2.24) is 4.98 Å². The van der Waals surface area contributed by atoms with E-state index < -0.39 is 0 Å². The number of benzene rings is 1. The number of allylic oxidation sites excluding steroid dienone is 1. The lowest BCUT2D eigenvalue weighted by Crippen LogP contribution is -2.40. The first kappa shape index (κ1) is 18.2. The second kappa shape index (κ2) is 8.21. The first-order chi connectivity index (χ1) is 12.6. The number of pyridine rings is 1. The molecule has 2 heterocycles. The average Bonchev–Trinajstić information content (AvgIpc) is 2.62. The molecule has 0 spiro atoms. The Hall–Kier alpha value is -2.56. The number of halogens is 1. The number of hydrogen-bond acceptors (Lipinski definition) is 4. The van der Waals surface area contributed by atoms with Gasteiger partial charge in [0.15, 0.2) is 11.6 Å². The topological polar surface area (TPSA) is 54.2 Å². The third kappa shape index (κ3) is 4.34. The minimum atomic E-state index is -0.237. The zero-order chi connectivity index (χ0) is 18.5. The van der Waals surface area contributed by atoms with Gasteiger partial charge in [-0.2, -0.15) is 0 Å². The molecule has 1 aromatic carbocycles. The number of hydrogen-bond donors (Lipinski definition) is 2. The summed E-state index contributed by atoms with van der Waals surface area (Å²) in [4.78, 5) is 6.31. The van der Waals surface area contributed by atoms with E-state index >= 15 is 0 Å². The van der Waals surface area contributed by atoms with Crippen molar-refractivity contribution < 1.29 is 4.39 Å². The Morgan fingerprint density at radius 3 is 2.77 bits per heavy atom. The van der Waals surface area contributed by atoms with Crippen LogP contribution in [-0.4, -0.2) is 24.1 Å². The minimum absolute atomic E-state index is 0.237. The molecule has 1 aliphatic rings. The van der Waals surface area contributed by atoms with Crippen LogP contribution in [0.25, 0.3) is 6.08 Å². The van der Waals surface area contributed by atoms with Gasteiger partial charge in [-0.25, -0.2) is 9.37 Å². The van der Waals surface area contributed by atoms with Gasteiger partial charge in [0, 0.05) is 36.7 Å². The Balaban J connectivity index is 1.66. The van der Waals surface area contributed by atoms with E-state index in [-0.39, 0.29) is 5.82 Å². The number of nitrogens with one attached hydrogen (secondary N) is 1. The molecular formula is C21H27FN4. The molecule has 0 bridgehead atoms. The molecule has 0 aliphatic carbocycles. The van der Waals surface area contributed by atoms with Gasteiger partial charge in [0.25, 0.3) is 0 Å². The van der Waals surface area contributed by atoms with Gasteiger partial charge in [0.05, 0.1) is 0 Å². The molecule has 1 aromatic heterocycles. The summed E-state index contributed by atoms with van der Waals surface area (Å²) in [6.45, 7) is 5.54. The third-order valence-corrected chi connectivity index (χ3v) is 4.72. The smallest absolute Gasteiger partial charge is 0.165 e. The number of nitrogen functional groups attached to an aromatic ring is 1. The van der Waals surface area contributed by atoms with E-state index in [1.165, 1.54) is 0 Å². The SMILES string of the molecule is CC/C=C/c1ccc(N)cc1NC1CCN(c2ncc(C)cc2F)CC1. The second-order valence-electron chi connectivity index (χ2n) is 6.88. The van der Waals surface area contributed by atoms with E-state index in [0.717, 1.165) is 54.9 Å². The van der Waals surface area contributed by atoms with Crippen molar-refractivity contribution >= 4 is 23.3 Å². The zero-order valence-electron chi connectivity index (χ0n) is 15.5. The molecule has 0 saturated carbocycles. The lowest BCUT2D eigenvalue weighted by molar-refractivity contribution is 0.511. The number of aryl methyl sites for hydroxylation is 1. The van der Waals surface area contributed by atoms with Gasteiger partial charge in [-0.3, -0.25) is 0 Å². The molecule has 1 saturated heterocycles. The fourth-order valence-electron chi connectivity index (χ4n) is 3.30. The van der Waals surface area contributed by atoms with E-state index in [2.05, 4.69) is 29.4 Å². The number of aromatic nitrogens is 1. The van der Waals surface area contributed by atoms with Crippen LogP contribution in [0.4, 0.5) is 21.6 Å². The standard InChI is InChI=1S/C21H27FN4/c1-3-4-5-16-6-7-17(23)13-20(16)25-18-8-10-26(11-9-18)21-19(22)12-15(2)14-24-21/h4-7,12-14,18,25H,3,8-11,23H2,1-2H3/b5-4+. The van der Waals surface area contributed by atoms with Gasteiger partial charge >= 0.3 is 0 Å². The van der Waals surface area contributed by atoms with Crippen molar-refractivity contribution in [3.05, 3.63) is 53.5 Å². The van der Waals surface area contributed by atoms with Crippen LogP contribution in [0.5, 0.6) is 0 Å². The Labute approximate surface area is 154 Å². The summed E-state index contributed by atoms with van der Waals surface area (Å²) < 4.78 is 14.2. The van der Waals surface area contributed by atoms with E-state index in [1.54, 1.807) is 12.3 Å². The molecule has 3 rings (SSSR count). The number of nitrogens with two attached hydrogens (primary N) is 1. The fourth-order valence-corrected chi connectivity index (χ4v) is 3.30. The molecule has 138 valence electrons. The molecule has 1 fully saturated rings. The molecule has 0 unspecified atom stereocenters. The molecule has 3 N–H and O–H groups in total. The maximum atomic E-state index is 14.2. The second-order valence-corrected chi connectivity index (χ2v) is 6.88.